The maximum Gasteiger partial charge on any atom is 0.416 e. The molecule has 0 radical (unpaired) electrons. The van der Waals surface area contributed by atoms with Crippen molar-refractivity contribution in [2.24, 2.45) is 0 Å². The largest absolute Gasteiger partial charge is 0.490 e. The van der Waals surface area contributed by atoms with E-state index in [9.17, 15) is 22.8 Å². The van der Waals surface area contributed by atoms with E-state index >= 15 is 0 Å². The molecule has 0 heterocycles. The first-order valence-corrected chi connectivity index (χ1v) is 9.45. The molecule has 9 heteroatoms. The van der Waals surface area contributed by atoms with Gasteiger partial charge in [0.05, 0.1) is 17.2 Å². The number of amides is 2. The van der Waals surface area contributed by atoms with Crippen LogP contribution in [0.2, 0.25) is 0 Å². The number of aromatic carboxylic acids is 1. The van der Waals surface area contributed by atoms with Crippen molar-refractivity contribution in [3.05, 3.63) is 59.7 Å². The summed E-state index contributed by atoms with van der Waals surface area (Å²) in [6.45, 7) is 0. The molecule has 0 unspecified atom stereocenters. The lowest BCUT2D eigenvalue weighted by molar-refractivity contribution is -0.137. The molecule has 2 aromatic carbocycles. The smallest absolute Gasteiger partial charge is 0.416 e. The lowest BCUT2D eigenvalue weighted by atomic mass is 9.93. The van der Waals surface area contributed by atoms with Crippen LogP contribution >= 0.6 is 0 Å². The van der Waals surface area contributed by atoms with Gasteiger partial charge >= 0.3 is 18.2 Å². The fraction of sp³-hybridized carbons (Fsp3) is 0.333. The summed E-state index contributed by atoms with van der Waals surface area (Å²) in [5, 5.41) is 14.3. The second-order valence-electron chi connectivity index (χ2n) is 7.09. The van der Waals surface area contributed by atoms with Crippen LogP contribution in [-0.4, -0.2) is 29.3 Å². The molecule has 3 rings (SSSR count). The Morgan fingerprint density at radius 3 is 2.07 bits per heavy atom. The Morgan fingerprint density at radius 1 is 0.933 bits per heavy atom. The fourth-order valence-corrected chi connectivity index (χ4v) is 3.29. The number of hydrogen-bond donors (Lipinski definition) is 3. The first-order chi connectivity index (χ1) is 14.2. The SMILES string of the molecule is O=C(Nc1ccc(C(F)(F)F)cc1)NC1CCC(Oc2ccc(C(=O)O)cc2)CC1. The highest BCUT2D eigenvalue weighted by atomic mass is 19.4. The summed E-state index contributed by atoms with van der Waals surface area (Å²) in [6.07, 6.45) is -1.63. The Bertz CT molecular complexity index is 875. The maximum atomic E-state index is 12.6. The van der Waals surface area contributed by atoms with Crippen molar-refractivity contribution in [2.45, 2.75) is 44.0 Å². The van der Waals surface area contributed by atoms with E-state index in [4.69, 9.17) is 9.84 Å². The monoisotopic (exact) mass is 422 g/mol. The molecule has 0 aromatic heterocycles. The van der Waals surface area contributed by atoms with Crippen LogP contribution in [0.5, 0.6) is 5.75 Å². The van der Waals surface area contributed by atoms with Crippen molar-refractivity contribution < 1.29 is 32.6 Å². The molecule has 3 N–H and O–H groups in total. The Kier molecular flexibility index (Phi) is 6.49. The number of rotatable bonds is 5. The summed E-state index contributed by atoms with van der Waals surface area (Å²) in [4.78, 5) is 23.0. The molecular weight excluding hydrogens is 401 g/mol. The molecule has 160 valence electrons. The third-order valence-corrected chi connectivity index (χ3v) is 4.88. The minimum atomic E-state index is -4.42. The molecule has 1 aliphatic carbocycles. The van der Waals surface area contributed by atoms with Gasteiger partial charge in [0.25, 0.3) is 0 Å². The number of alkyl halides is 3. The fourth-order valence-electron chi connectivity index (χ4n) is 3.29. The van der Waals surface area contributed by atoms with Crippen LogP contribution in [0.15, 0.2) is 48.5 Å². The topological polar surface area (TPSA) is 87.7 Å². The first-order valence-electron chi connectivity index (χ1n) is 9.45. The van der Waals surface area contributed by atoms with Crippen molar-refractivity contribution in [1.29, 1.82) is 0 Å². The summed E-state index contributed by atoms with van der Waals surface area (Å²) < 4.78 is 43.6. The Balaban J connectivity index is 1.42. The van der Waals surface area contributed by atoms with Crippen LogP contribution in [0.3, 0.4) is 0 Å². The summed E-state index contributed by atoms with van der Waals surface area (Å²) in [6, 6.07) is 9.93. The zero-order valence-corrected chi connectivity index (χ0v) is 15.9. The first kappa shape index (κ1) is 21.5. The number of carboxylic acids is 1. The van der Waals surface area contributed by atoms with Crippen LogP contribution in [0.25, 0.3) is 0 Å². The Hall–Kier alpha value is -3.23. The standard InChI is InChI=1S/C21H21F3N2O4/c22-21(23,24)14-3-5-15(6-4-14)25-20(29)26-16-7-11-18(12-8-16)30-17-9-1-13(2-10-17)19(27)28/h1-6,9-10,16,18H,7-8,11-12H2,(H,27,28)(H2,25,26,29). The molecule has 2 aromatic rings. The van der Waals surface area contributed by atoms with Gasteiger partial charge in [0, 0.05) is 11.7 Å². The normalized spacial score (nSPS) is 19.0. The van der Waals surface area contributed by atoms with Crippen LogP contribution in [0, 0.1) is 0 Å². The zero-order chi connectivity index (χ0) is 21.7. The summed E-state index contributed by atoms with van der Waals surface area (Å²) in [5.74, 6) is -0.404. The van der Waals surface area contributed by atoms with Crippen molar-refractivity contribution in [3.8, 4) is 5.75 Å². The molecule has 30 heavy (non-hydrogen) atoms. The van der Waals surface area contributed by atoms with Gasteiger partial charge in [-0.1, -0.05) is 0 Å². The number of benzene rings is 2. The summed E-state index contributed by atoms with van der Waals surface area (Å²) >= 11 is 0. The van der Waals surface area contributed by atoms with Crippen molar-refractivity contribution in [1.82, 2.24) is 5.32 Å². The summed E-state index contributed by atoms with van der Waals surface area (Å²) in [7, 11) is 0. The van der Waals surface area contributed by atoms with E-state index in [1.54, 1.807) is 12.1 Å². The molecule has 0 aliphatic heterocycles. The van der Waals surface area contributed by atoms with E-state index in [-0.39, 0.29) is 23.4 Å². The third-order valence-electron chi connectivity index (χ3n) is 4.88. The van der Waals surface area contributed by atoms with E-state index in [0.29, 0.717) is 31.4 Å². The van der Waals surface area contributed by atoms with E-state index in [1.165, 1.54) is 24.3 Å². The molecule has 1 aliphatic rings. The van der Waals surface area contributed by atoms with Crippen LogP contribution in [-0.2, 0) is 6.18 Å². The molecule has 0 bridgehead atoms. The van der Waals surface area contributed by atoms with Crippen LogP contribution in [0.4, 0.5) is 23.7 Å². The molecule has 2 amide bonds. The highest BCUT2D eigenvalue weighted by Crippen LogP contribution is 2.30. The van der Waals surface area contributed by atoms with Gasteiger partial charge in [0.2, 0.25) is 0 Å². The number of anilines is 1. The average Bonchev–Trinajstić information content (AvgIpc) is 2.69. The predicted molar refractivity (Wildman–Crippen MR) is 104 cm³/mol. The Morgan fingerprint density at radius 2 is 1.53 bits per heavy atom. The molecule has 0 atom stereocenters. The van der Waals surface area contributed by atoms with Crippen molar-refractivity contribution in [3.63, 3.8) is 0 Å². The summed E-state index contributed by atoms with van der Waals surface area (Å²) in [5.41, 5.74) is -0.305. The maximum absolute atomic E-state index is 12.6. The highest BCUT2D eigenvalue weighted by molar-refractivity contribution is 5.89. The molecular formula is C21H21F3N2O4. The minimum Gasteiger partial charge on any atom is -0.490 e. The van der Waals surface area contributed by atoms with E-state index in [2.05, 4.69) is 10.6 Å². The minimum absolute atomic E-state index is 0.0308. The second kappa shape index (κ2) is 9.06. The van der Waals surface area contributed by atoms with Gasteiger partial charge in [0.15, 0.2) is 0 Å². The van der Waals surface area contributed by atoms with Gasteiger partial charge in [0.1, 0.15) is 5.75 Å². The number of hydrogen-bond acceptors (Lipinski definition) is 3. The van der Waals surface area contributed by atoms with Crippen molar-refractivity contribution in [2.75, 3.05) is 5.32 Å². The molecule has 1 fully saturated rings. The number of halogens is 3. The molecule has 6 nitrogen and oxygen atoms in total. The number of urea groups is 1. The number of carboxylic acid groups (broad SMARTS) is 1. The van der Waals surface area contributed by atoms with E-state index < -0.39 is 23.7 Å². The van der Waals surface area contributed by atoms with Gasteiger partial charge in [-0.05, 0) is 74.2 Å². The quantitative estimate of drug-likeness (QED) is 0.639. The molecule has 0 spiro atoms. The van der Waals surface area contributed by atoms with E-state index in [1.807, 2.05) is 0 Å². The van der Waals surface area contributed by atoms with E-state index in [0.717, 1.165) is 12.1 Å². The van der Waals surface area contributed by atoms with Gasteiger partial charge in [-0.2, -0.15) is 13.2 Å². The van der Waals surface area contributed by atoms with Gasteiger partial charge in [-0.25, -0.2) is 9.59 Å². The average molecular weight is 422 g/mol. The van der Waals surface area contributed by atoms with Gasteiger partial charge < -0.3 is 20.5 Å². The molecule has 1 saturated carbocycles. The lowest BCUT2D eigenvalue weighted by Crippen LogP contribution is -2.41. The zero-order valence-electron chi connectivity index (χ0n) is 15.9. The Labute approximate surface area is 171 Å². The van der Waals surface area contributed by atoms with Crippen molar-refractivity contribution >= 4 is 17.7 Å². The number of nitrogens with one attached hydrogen (secondary N) is 2. The van der Waals surface area contributed by atoms with Crippen LogP contribution < -0.4 is 15.4 Å². The third kappa shape index (κ3) is 5.88. The number of ether oxygens (including phenoxy) is 1. The van der Waals surface area contributed by atoms with Gasteiger partial charge in [-0.15, -0.1) is 0 Å². The highest BCUT2D eigenvalue weighted by Gasteiger charge is 2.30. The predicted octanol–water partition coefficient (Wildman–Crippen LogP) is 4.92. The second-order valence-corrected chi connectivity index (χ2v) is 7.09. The van der Waals surface area contributed by atoms with Crippen LogP contribution in [0.1, 0.15) is 41.6 Å². The van der Waals surface area contributed by atoms with Gasteiger partial charge in [-0.3, -0.25) is 0 Å². The lowest BCUT2D eigenvalue weighted by Gasteiger charge is -2.29. The number of carbonyl (C=O) groups excluding carboxylic acids is 1. The number of carbonyl (C=O) groups is 2. The molecule has 0 saturated heterocycles.